The van der Waals surface area contributed by atoms with Crippen molar-refractivity contribution in [3.8, 4) is 0 Å². The van der Waals surface area contributed by atoms with Crippen LogP contribution in [0.25, 0.3) is 18.2 Å². The molecule has 0 amide bonds. The Bertz CT molecular complexity index is 732. The van der Waals surface area contributed by atoms with Crippen LogP contribution in [0.1, 0.15) is 16.7 Å². The van der Waals surface area contributed by atoms with Gasteiger partial charge in [-0.1, -0.05) is 136 Å². The SMILES string of the molecule is C=CC(=O)O.C=Cc1ccccc1.C=Cc1ccccc1.C=Cc1ccccc1. The molecule has 0 fully saturated rings. The fraction of sp³-hybridized carbons (Fsp3) is 0. The summed E-state index contributed by atoms with van der Waals surface area (Å²) in [5.74, 6) is -0.981. The van der Waals surface area contributed by atoms with Crippen molar-refractivity contribution in [2.45, 2.75) is 0 Å². The molecule has 0 aliphatic carbocycles. The standard InChI is InChI=1S/3C8H8.C3H4O2/c3*1-2-8-6-4-3-5-7-8;1-2-3(4)5/h3*2-7H,1H2;2H,1H2,(H,4,5). The van der Waals surface area contributed by atoms with E-state index >= 15 is 0 Å². The maximum absolute atomic E-state index is 9.25. The maximum Gasteiger partial charge on any atom is 0.327 e. The van der Waals surface area contributed by atoms with Gasteiger partial charge in [0, 0.05) is 6.08 Å². The highest BCUT2D eigenvalue weighted by atomic mass is 16.4. The maximum atomic E-state index is 9.25. The van der Waals surface area contributed by atoms with Crippen molar-refractivity contribution < 1.29 is 9.90 Å². The number of hydrogen-bond acceptors (Lipinski definition) is 1. The molecule has 0 atom stereocenters. The van der Waals surface area contributed by atoms with Gasteiger partial charge in [0.1, 0.15) is 0 Å². The van der Waals surface area contributed by atoms with Crippen LogP contribution in [0.2, 0.25) is 0 Å². The molecule has 0 saturated carbocycles. The van der Waals surface area contributed by atoms with Gasteiger partial charge in [-0.3, -0.25) is 0 Å². The number of aliphatic carboxylic acids is 1. The van der Waals surface area contributed by atoms with Gasteiger partial charge in [-0.2, -0.15) is 0 Å². The van der Waals surface area contributed by atoms with Crippen LogP contribution in [0.15, 0.2) is 123 Å². The quantitative estimate of drug-likeness (QED) is 0.481. The zero-order valence-corrected chi connectivity index (χ0v) is 16.7. The molecule has 0 aliphatic heterocycles. The van der Waals surface area contributed by atoms with Crippen LogP contribution in [0.3, 0.4) is 0 Å². The fourth-order valence-electron chi connectivity index (χ4n) is 1.77. The summed E-state index contributed by atoms with van der Waals surface area (Å²) in [5, 5.41) is 7.60. The van der Waals surface area contributed by atoms with E-state index in [1.54, 1.807) is 0 Å². The Labute approximate surface area is 174 Å². The summed E-state index contributed by atoms with van der Waals surface area (Å²) in [6.45, 7) is 13.9. The molecular formula is C27H28O2. The predicted molar refractivity (Wildman–Crippen MR) is 127 cm³/mol. The molecule has 3 aromatic rings. The first-order chi connectivity index (χ1) is 14.1. The lowest BCUT2D eigenvalue weighted by atomic mass is 10.2. The lowest BCUT2D eigenvalue weighted by Gasteiger charge is -1.85. The molecule has 0 spiro atoms. The summed E-state index contributed by atoms with van der Waals surface area (Å²) >= 11 is 0. The first-order valence-electron chi connectivity index (χ1n) is 8.95. The van der Waals surface area contributed by atoms with E-state index in [-0.39, 0.29) is 0 Å². The zero-order chi connectivity index (χ0) is 21.7. The second kappa shape index (κ2) is 17.5. The summed E-state index contributed by atoms with van der Waals surface area (Å²) in [4.78, 5) is 9.25. The summed E-state index contributed by atoms with van der Waals surface area (Å²) in [7, 11) is 0. The summed E-state index contributed by atoms with van der Waals surface area (Å²) in [5.41, 5.74) is 3.52. The van der Waals surface area contributed by atoms with Crippen molar-refractivity contribution in [2.75, 3.05) is 0 Å². The molecule has 0 bridgehead atoms. The van der Waals surface area contributed by atoms with Crippen molar-refractivity contribution >= 4 is 24.2 Å². The molecule has 3 rings (SSSR count). The molecule has 29 heavy (non-hydrogen) atoms. The van der Waals surface area contributed by atoms with Gasteiger partial charge < -0.3 is 5.11 Å². The Morgan fingerprint density at radius 3 is 0.862 bits per heavy atom. The fourth-order valence-corrected chi connectivity index (χ4v) is 1.77. The molecule has 2 nitrogen and oxygen atoms in total. The smallest absolute Gasteiger partial charge is 0.327 e. The molecule has 1 N–H and O–H groups in total. The van der Waals surface area contributed by atoms with E-state index in [1.807, 2.05) is 109 Å². The molecule has 0 aromatic heterocycles. The van der Waals surface area contributed by atoms with Crippen molar-refractivity contribution in [1.29, 1.82) is 0 Å². The van der Waals surface area contributed by atoms with Gasteiger partial charge in [0.15, 0.2) is 0 Å². The Kier molecular flexibility index (Phi) is 15.1. The number of hydrogen-bond donors (Lipinski definition) is 1. The summed E-state index contributed by atoms with van der Waals surface area (Å²) < 4.78 is 0. The minimum absolute atomic E-state index is 0.833. The van der Waals surface area contributed by atoms with Crippen LogP contribution in [0.4, 0.5) is 0 Å². The molecule has 0 unspecified atom stereocenters. The topological polar surface area (TPSA) is 37.3 Å². The van der Waals surface area contributed by atoms with E-state index < -0.39 is 5.97 Å². The van der Waals surface area contributed by atoms with E-state index in [0.717, 1.165) is 6.08 Å². The lowest BCUT2D eigenvalue weighted by Crippen LogP contribution is -1.82. The Balaban J connectivity index is 0.000000367. The van der Waals surface area contributed by atoms with Crippen molar-refractivity contribution in [3.05, 3.63) is 140 Å². The van der Waals surface area contributed by atoms with E-state index in [4.69, 9.17) is 5.11 Å². The summed E-state index contributed by atoms with van der Waals surface area (Å²) in [6.07, 6.45) is 6.33. The first kappa shape index (κ1) is 25.1. The highest BCUT2D eigenvalue weighted by Gasteiger charge is 1.77. The van der Waals surface area contributed by atoms with E-state index in [9.17, 15) is 4.79 Å². The number of benzene rings is 3. The van der Waals surface area contributed by atoms with Gasteiger partial charge in [0.2, 0.25) is 0 Å². The van der Waals surface area contributed by atoms with Crippen LogP contribution in [-0.4, -0.2) is 11.1 Å². The molecule has 2 heteroatoms. The van der Waals surface area contributed by atoms with E-state index in [2.05, 4.69) is 26.3 Å². The van der Waals surface area contributed by atoms with Gasteiger partial charge in [0.25, 0.3) is 0 Å². The van der Waals surface area contributed by atoms with Crippen LogP contribution >= 0.6 is 0 Å². The first-order valence-corrected chi connectivity index (χ1v) is 8.95. The van der Waals surface area contributed by atoms with Gasteiger partial charge in [-0.25, -0.2) is 4.79 Å². The largest absolute Gasteiger partial charge is 0.478 e. The number of carboxylic acid groups (broad SMARTS) is 1. The second-order valence-electron chi connectivity index (χ2n) is 5.39. The summed E-state index contributed by atoms with van der Waals surface area (Å²) in [6, 6.07) is 30.1. The van der Waals surface area contributed by atoms with Gasteiger partial charge in [-0.05, 0) is 16.7 Å². The molecule has 148 valence electrons. The number of carbonyl (C=O) groups is 1. The molecule has 3 aromatic carbocycles. The average molecular weight is 385 g/mol. The third kappa shape index (κ3) is 14.9. The van der Waals surface area contributed by atoms with Gasteiger partial charge >= 0.3 is 5.97 Å². The van der Waals surface area contributed by atoms with Gasteiger partial charge in [0.05, 0.1) is 0 Å². The van der Waals surface area contributed by atoms with E-state index in [1.165, 1.54) is 16.7 Å². The Morgan fingerprint density at radius 1 is 0.552 bits per heavy atom. The third-order valence-electron chi connectivity index (χ3n) is 3.28. The highest BCUT2D eigenvalue weighted by molar-refractivity contribution is 5.78. The molecule has 0 aliphatic rings. The Hall–Kier alpha value is -3.91. The van der Waals surface area contributed by atoms with Crippen LogP contribution in [-0.2, 0) is 4.79 Å². The van der Waals surface area contributed by atoms with Crippen LogP contribution in [0.5, 0.6) is 0 Å². The van der Waals surface area contributed by atoms with Crippen LogP contribution < -0.4 is 0 Å². The highest BCUT2D eigenvalue weighted by Crippen LogP contribution is 1.98. The predicted octanol–water partition coefficient (Wildman–Crippen LogP) is 7.25. The minimum Gasteiger partial charge on any atom is -0.478 e. The Morgan fingerprint density at radius 2 is 0.759 bits per heavy atom. The zero-order valence-electron chi connectivity index (χ0n) is 16.7. The van der Waals surface area contributed by atoms with E-state index in [0.29, 0.717) is 0 Å². The van der Waals surface area contributed by atoms with Gasteiger partial charge in [-0.15, -0.1) is 0 Å². The average Bonchev–Trinajstić information content (AvgIpc) is 2.82. The number of rotatable bonds is 4. The van der Waals surface area contributed by atoms with Crippen molar-refractivity contribution in [1.82, 2.24) is 0 Å². The second-order valence-corrected chi connectivity index (χ2v) is 5.39. The number of carboxylic acids is 1. The lowest BCUT2D eigenvalue weighted by molar-refractivity contribution is -0.131. The van der Waals surface area contributed by atoms with Crippen molar-refractivity contribution in [3.63, 3.8) is 0 Å². The monoisotopic (exact) mass is 384 g/mol. The molecule has 0 heterocycles. The van der Waals surface area contributed by atoms with Crippen molar-refractivity contribution in [2.24, 2.45) is 0 Å². The molecule has 0 radical (unpaired) electrons. The molecular weight excluding hydrogens is 356 g/mol. The normalized spacial score (nSPS) is 8.14. The van der Waals surface area contributed by atoms with Crippen LogP contribution in [0, 0.1) is 0 Å². The minimum atomic E-state index is -0.981. The third-order valence-corrected chi connectivity index (χ3v) is 3.28. The molecule has 0 saturated heterocycles.